The number of nitrogens with one attached hydrogen (secondary N) is 2. The highest BCUT2D eigenvalue weighted by molar-refractivity contribution is 5.79. The summed E-state index contributed by atoms with van der Waals surface area (Å²) in [4.78, 5) is 21.2. The van der Waals surface area contributed by atoms with Crippen LogP contribution in [0.5, 0.6) is 0 Å². The van der Waals surface area contributed by atoms with Crippen molar-refractivity contribution in [2.24, 2.45) is 0 Å². The van der Waals surface area contributed by atoms with Gasteiger partial charge in [0.05, 0.1) is 12.7 Å². The van der Waals surface area contributed by atoms with E-state index in [-0.39, 0.29) is 6.54 Å². The molecule has 1 fully saturated rings. The molecule has 0 radical (unpaired) electrons. The Balaban J connectivity index is 1.95. The van der Waals surface area contributed by atoms with Crippen LogP contribution in [0.2, 0.25) is 0 Å². The van der Waals surface area contributed by atoms with E-state index in [1.54, 1.807) is 0 Å². The van der Waals surface area contributed by atoms with Crippen LogP contribution in [0.1, 0.15) is 32.1 Å². The number of carbonyl (C=O) groups excluding carboxylic acids is 1. The van der Waals surface area contributed by atoms with E-state index in [9.17, 15) is 9.59 Å². The topological polar surface area (TPSA) is 87.7 Å². The third-order valence-electron chi connectivity index (χ3n) is 2.69. The molecule has 0 aromatic rings. The lowest BCUT2D eigenvalue weighted by molar-refractivity contribution is -0.135. The van der Waals surface area contributed by atoms with Crippen LogP contribution < -0.4 is 10.6 Å². The van der Waals surface area contributed by atoms with Gasteiger partial charge in [0.15, 0.2) is 0 Å². The highest BCUT2D eigenvalue weighted by atomic mass is 16.5. The van der Waals surface area contributed by atoms with Crippen molar-refractivity contribution < 1.29 is 19.4 Å². The first-order chi connectivity index (χ1) is 8.18. The molecule has 17 heavy (non-hydrogen) atoms. The van der Waals surface area contributed by atoms with Gasteiger partial charge in [-0.05, 0) is 12.8 Å². The quantitative estimate of drug-likeness (QED) is 0.601. The van der Waals surface area contributed by atoms with Crippen molar-refractivity contribution in [3.8, 4) is 0 Å². The SMILES string of the molecule is O=C(O)CNC(=O)NCCOC1CCCCC1. The average Bonchev–Trinajstić information content (AvgIpc) is 2.33. The molecule has 0 heterocycles. The van der Waals surface area contributed by atoms with Gasteiger partial charge in [0.2, 0.25) is 0 Å². The lowest BCUT2D eigenvalue weighted by Gasteiger charge is -2.21. The van der Waals surface area contributed by atoms with Gasteiger partial charge in [-0.15, -0.1) is 0 Å². The van der Waals surface area contributed by atoms with E-state index in [4.69, 9.17) is 9.84 Å². The van der Waals surface area contributed by atoms with Crippen LogP contribution in [-0.4, -0.2) is 42.9 Å². The van der Waals surface area contributed by atoms with E-state index in [2.05, 4.69) is 10.6 Å². The third kappa shape index (κ3) is 6.78. The average molecular weight is 244 g/mol. The number of aliphatic carboxylic acids is 1. The molecule has 0 unspecified atom stereocenters. The fraction of sp³-hybridized carbons (Fsp3) is 0.818. The van der Waals surface area contributed by atoms with Crippen molar-refractivity contribution in [3.63, 3.8) is 0 Å². The Morgan fingerprint density at radius 1 is 1.18 bits per heavy atom. The van der Waals surface area contributed by atoms with Crippen molar-refractivity contribution in [1.82, 2.24) is 10.6 Å². The Morgan fingerprint density at radius 2 is 1.88 bits per heavy atom. The van der Waals surface area contributed by atoms with Gasteiger partial charge in [-0.2, -0.15) is 0 Å². The van der Waals surface area contributed by atoms with Crippen LogP contribution in [0.4, 0.5) is 4.79 Å². The molecule has 3 N–H and O–H groups in total. The first-order valence-corrected chi connectivity index (χ1v) is 6.03. The predicted molar refractivity (Wildman–Crippen MR) is 61.9 cm³/mol. The number of carbonyl (C=O) groups is 2. The molecule has 6 heteroatoms. The zero-order valence-corrected chi connectivity index (χ0v) is 9.91. The van der Waals surface area contributed by atoms with E-state index in [1.807, 2.05) is 0 Å². The second kappa shape index (κ2) is 7.89. The normalized spacial score (nSPS) is 16.5. The molecule has 1 aliphatic rings. The second-order valence-corrected chi connectivity index (χ2v) is 4.13. The third-order valence-corrected chi connectivity index (χ3v) is 2.69. The summed E-state index contributed by atoms with van der Waals surface area (Å²) in [7, 11) is 0. The molecule has 0 atom stereocenters. The Kier molecular flexibility index (Phi) is 6.39. The Morgan fingerprint density at radius 3 is 2.53 bits per heavy atom. The molecule has 0 aromatic heterocycles. The summed E-state index contributed by atoms with van der Waals surface area (Å²) in [5, 5.41) is 13.1. The largest absolute Gasteiger partial charge is 0.480 e. The van der Waals surface area contributed by atoms with E-state index >= 15 is 0 Å². The van der Waals surface area contributed by atoms with Gasteiger partial charge in [-0.25, -0.2) is 4.79 Å². The van der Waals surface area contributed by atoms with E-state index in [0.29, 0.717) is 19.3 Å². The van der Waals surface area contributed by atoms with Crippen LogP contribution in [0.3, 0.4) is 0 Å². The van der Waals surface area contributed by atoms with Crippen LogP contribution in [0.15, 0.2) is 0 Å². The fourth-order valence-electron chi connectivity index (χ4n) is 1.84. The fourth-order valence-corrected chi connectivity index (χ4v) is 1.84. The Bertz CT molecular complexity index is 252. The van der Waals surface area contributed by atoms with Crippen LogP contribution in [-0.2, 0) is 9.53 Å². The summed E-state index contributed by atoms with van der Waals surface area (Å²) < 4.78 is 5.60. The monoisotopic (exact) mass is 244 g/mol. The highest BCUT2D eigenvalue weighted by Crippen LogP contribution is 2.19. The lowest BCUT2D eigenvalue weighted by atomic mass is 9.98. The number of ether oxygens (including phenoxy) is 1. The Labute approximate surface area is 101 Å². The second-order valence-electron chi connectivity index (χ2n) is 4.13. The number of urea groups is 1. The minimum Gasteiger partial charge on any atom is -0.480 e. The standard InChI is InChI=1S/C11H20N2O4/c14-10(15)8-13-11(16)12-6-7-17-9-4-2-1-3-5-9/h9H,1-8H2,(H,14,15)(H2,12,13,16). The van der Waals surface area contributed by atoms with Crippen molar-refractivity contribution in [2.75, 3.05) is 19.7 Å². The van der Waals surface area contributed by atoms with Gasteiger partial charge in [-0.3, -0.25) is 4.79 Å². The lowest BCUT2D eigenvalue weighted by Crippen LogP contribution is -2.40. The van der Waals surface area contributed by atoms with Gasteiger partial charge in [-0.1, -0.05) is 19.3 Å². The molecular weight excluding hydrogens is 224 g/mol. The van der Waals surface area contributed by atoms with Crippen LogP contribution >= 0.6 is 0 Å². The van der Waals surface area contributed by atoms with Gasteiger partial charge in [0, 0.05) is 6.54 Å². The number of rotatable bonds is 6. The van der Waals surface area contributed by atoms with Gasteiger partial charge >= 0.3 is 12.0 Å². The van der Waals surface area contributed by atoms with E-state index < -0.39 is 12.0 Å². The number of carboxylic acid groups (broad SMARTS) is 1. The van der Waals surface area contributed by atoms with Crippen molar-refractivity contribution in [2.45, 2.75) is 38.2 Å². The summed E-state index contributed by atoms with van der Waals surface area (Å²) >= 11 is 0. The molecule has 0 spiro atoms. The molecule has 1 aliphatic carbocycles. The first kappa shape index (κ1) is 13.8. The van der Waals surface area contributed by atoms with Crippen molar-refractivity contribution in [3.05, 3.63) is 0 Å². The minimum absolute atomic E-state index is 0.327. The molecule has 0 aliphatic heterocycles. The van der Waals surface area contributed by atoms with Crippen molar-refractivity contribution in [1.29, 1.82) is 0 Å². The maximum absolute atomic E-state index is 11.1. The maximum Gasteiger partial charge on any atom is 0.323 e. The molecule has 98 valence electrons. The predicted octanol–water partition coefficient (Wildman–Crippen LogP) is 0.719. The molecule has 0 bridgehead atoms. The molecule has 2 amide bonds. The molecule has 0 saturated heterocycles. The highest BCUT2D eigenvalue weighted by Gasteiger charge is 2.13. The summed E-state index contributed by atoms with van der Waals surface area (Å²) in [6, 6.07) is -0.473. The zero-order valence-electron chi connectivity index (χ0n) is 9.91. The van der Waals surface area contributed by atoms with Crippen LogP contribution in [0.25, 0.3) is 0 Å². The zero-order chi connectivity index (χ0) is 12.5. The smallest absolute Gasteiger partial charge is 0.323 e. The molecule has 1 saturated carbocycles. The molecule has 0 aromatic carbocycles. The van der Waals surface area contributed by atoms with Gasteiger partial charge in [0.25, 0.3) is 0 Å². The number of hydrogen-bond acceptors (Lipinski definition) is 3. The summed E-state index contributed by atoms with van der Waals surface area (Å²) in [5.74, 6) is -1.06. The molecule has 6 nitrogen and oxygen atoms in total. The molecule has 1 rings (SSSR count). The minimum atomic E-state index is -1.06. The number of hydrogen-bond donors (Lipinski definition) is 3. The number of carboxylic acids is 1. The van der Waals surface area contributed by atoms with E-state index in [1.165, 1.54) is 19.3 Å². The molecular formula is C11H20N2O4. The van der Waals surface area contributed by atoms with Gasteiger partial charge in [0.1, 0.15) is 6.54 Å². The van der Waals surface area contributed by atoms with Gasteiger partial charge < -0.3 is 20.5 Å². The van der Waals surface area contributed by atoms with Crippen molar-refractivity contribution >= 4 is 12.0 Å². The summed E-state index contributed by atoms with van der Waals surface area (Å²) in [5.41, 5.74) is 0. The first-order valence-electron chi connectivity index (χ1n) is 6.03. The maximum atomic E-state index is 11.1. The summed E-state index contributed by atoms with van der Waals surface area (Å²) in [6.07, 6.45) is 6.26. The van der Waals surface area contributed by atoms with Crippen LogP contribution in [0, 0.1) is 0 Å². The Hall–Kier alpha value is -1.30. The van der Waals surface area contributed by atoms with E-state index in [0.717, 1.165) is 12.8 Å². The number of amides is 2. The summed E-state index contributed by atoms with van der Waals surface area (Å²) in [6.45, 7) is 0.516.